The Bertz CT molecular complexity index is 31.8. The Morgan fingerprint density at radius 1 is 1.17 bits per heavy atom. The van der Waals surface area contributed by atoms with Crippen LogP contribution in [-0.2, 0) is 3.83 Å². The molecule has 0 unspecified atom stereocenters. The van der Waals surface area contributed by atoms with Gasteiger partial charge in [0, 0.05) is 0 Å². The quantitative estimate of drug-likeness (QED) is 0.369. The largest absolute Gasteiger partial charge is 1.00 e. The summed E-state index contributed by atoms with van der Waals surface area (Å²) in [6.07, 6.45) is 0. The van der Waals surface area contributed by atoms with E-state index in [4.69, 9.17) is 12.2 Å². The second-order valence-corrected chi connectivity index (χ2v) is 1.06. The maximum Gasteiger partial charge on any atom is 1.00 e. The molecule has 0 amide bonds. The molecule has 0 aliphatic carbocycles. The Morgan fingerprint density at radius 2 is 1.17 bits per heavy atom. The van der Waals surface area contributed by atoms with E-state index in [2.05, 4.69) is 0 Å². The van der Waals surface area contributed by atoms with Gasteiger partial charge in [-0.25, -0.2) is 0 Å². The Hall–Kier alpha value is 3.51. The molecule has 3 nitrogen and oxygen atoms in total. The topological polar surface area (TPSA) is 63.2 Å². The third-order valence-corrected chi connectivity index (χ3v) is 0. The van der Waals surface area contributed by atoms with Crippen LogP contribution in [0.5, 0.6) is 0 Å². The molecule has 0 saturated heterocycles. The van der Waals surface area contributed by atoms with E-state index in [1.807, 2.05) is 0 Å². The van der Waals surface area contributed by atoms with Gasteiger partial charge in [0.2, 0.25) is 0 Å². The first-order chi connectivity index (χ1) is 1.73. The average molecular weight is 205 g/mol. The van der Waals surface area contributed by atoms with Crippen LogP contribution in [0.25, 0.3) is 0 Å². The molecule has 6 heteroatoms. The summed E-state index contributed by atoms with van der Waals surface area (Å²) in [6, 6.07) is 0. The van der Waals surface area contributed by atoms with Crippen molar-refractivity contribution in [1.82, 2.24) is 0 Å². The molecule has 0 atom stereocenters. The molecule has 0 bridgehead atoms. The van der Waals surface area contributed by atoms with E-state index < -0.39 is 14.5 Å². The van der Waals surface area contributed by atoms with Gasteiger partial charge in [-0.05, 0) is 0 Å². The molecule has 0 aliphatic heterocycles. The Balaban J connectivity index is -0.0000000450. The van der Waals surface area contributed by atoms with Crippen molar-refractivity contribution in [3.05, 3.63) is 0 Å². The van der Waals surface area contributed by atoms with Gasteiger partial charge < -0.3 is 0 Å². The summed E-state index contributed by atoms with van der Waals surface area (Å²) in [5.74, 6) is 0. The Labute approximate surface area is 125 Å². The molecule has 0 aromatic rings. The van der Waals surface area contributed by atoms with Crippen LogP contribution >= 0.6 is 0 Å². The van der Waals surface area contributed by atoms with Crippen LogP contribution in [0.2, 0.25) is 0 Å². The molecule has 0 aliphatic rings. The van der Waals surface area contributed by atoms with Gasteiger partial charge in [-0.15, -0.1) is 0 Å². The zero-order chi connectivity index (χ0) is 3.58. The summed E-state index contributed by atoms with van der Waals surface area (Å²) >= 11 is -3.79. The first kappa shape index (κ1) is 16.3. The predicted octanol–water partition coefficient (Wildman–Crippen LogP) is -8.87. The third-order valence-electron chi connectivity index (χ3n) is 0. The van der Waals surface area contributed by atoms with Crippen LogP contribution in [-0.4, -0.2) is 14.5 Å². The minimum atomic E-state index is -3.79. The van der Waals surface area contributed by atoms with Crippen molar-refractivity contribution in [3.8, 4) is 0 Å². The number of hydrogen-bond acceptors (Lipinski definition) is 3. The van der Waals surface area contributed by atoms with Crippen LogP contribution in [0.3, 0.4) is 0 Å². The number of hydrogen-bond donors (Lipinski definition) is 0. The van der Waals surface area contributed by atoms with Gasteiger partial charge in [0.05, 0.1) is 0 Å². The zero-order valence-corrected chi connectivity index (χ0v) is 11.6. The Kier molecular flexibility index (Phi) is 30.7. The summed E-state index contributed by atoms with van der Waals surface area (Å²) in [4.78, 5) is 0. The second kappa shape index (κ2) is 11.3. The SMILES string of the molecule is O=[Se]([O-])[O-].[K+].[K+]. The van der Waals surface area contributed by atoms with Crippen molar-refractivity contribution in [2.75, 3.05) is 0 Å². The molecule has 0 radical (unpaired) electrons. The van der Waals surface area contributed by atoms with Gasteiger partial charge >= 0.3 is 129 Å². The van der Waals surface area contributed by atoms with Crippen LogP contribution < -0.4 is 111 Å². The van der Waals surface area contributed by atoms with Gasteiger partial charge in [-0.1, -0.05) is 0 Å². The number of rotatable bonds is 0. The third kappa shape index (κ3) is 25.8. The van der Waals surface area contributed by atoms with Crippen molar-refractivity contribution in [2.45, 2.75) is 0 Å². The second-order valence-electron chi connectivity index (χ2n) is 0.204. The molecule has 0 heterocycles. The van der Waals surface area contributed by atoms with Crippen molar-refractivity contribution in [3.63, 3.8) is 0 Å². The fourth-order valence-corrected chi connectivity index (χ4v) is 0. The van der Waals surface area contributed by atoms with E-state index in [1.165, 1.54) is 0 Å². The van der Waals surface area contributed by atoms with Gasteiger partial charge in [0.15, 0.2) is 0 Å². The smallest absolute Gasteiger partial charge is 1.00 e. The van der Waals surface area contributed by atoms with Gasteiger partial charge in [0.25, 0.3) is 0 Å². The maximum atomic E-state index is 8.54. The van der Waals surface area contributed by atoms with E-state index in [0.717, 1.165) is 0 Å². The molecule has 0 rings (SSSR count). The zero-order valence-electron chi connectivity index (χ0n) is 3.63. The van der Waals surface area contributed by atoms with Crippen molar-refractivity contribution in [2.24, 2.45) is 0 Å². The maximum absolute atomic E-state index is 8.54. The summed E-state index contributed by atoms with van der Waals surface area (Å²) in [6.45, 7) is 0. The molecular weight excluding hydrogens is 205 g/mol. The van der Waals surface area contributed by atoms with Crippen LogP contribution in [0, 0.1) is 0 Å². The molecular formula is K2O3Se. The molecule has 0 fully saturated rings. The fourth-order valence-electron chi connectivity index (χ4n) is 0. The van der Waals surface area contributed by atoms with Crippen molar-refractivity contribution in [1.29, 1.82) is 0 Å². The molecule has 6 heavy (non-hydrogen) atoms. The minimum absolute atomic E-state index is 0. The first-order valence-corrected chi connectivity index (χ1v) is 2.60. The van der Waals surface area contributed by atoms with Crippen molar-refractivity contribution < 1.29 is 115 Å². The molecule has 0 aromatic carbocycles. The monoisotopic (exact) mass is 206 g/mol. The molecule has 0 spiro atoms. The van der Waals surface area contributed by atoms with E-state index >= 15 is 0 Å². The van der Waals surface area contributed by atoms with E-state index in [1.54, 1.807) is 0 Å². The molecule has 0 N–H and O–H groups in total. The minimum Gasteiger partial charge on any atom is 1.00 e. The summed E-state index contributed by atoms with van der Waals surface area (Å²) in [5, 5.41) is 0. The molecule has 0 saturated carbocycles. The van der Waals surface area contributed by atoms with Crippen molar-refractivity contribution >= 4 is 14.5 Å². The van der Waals surface area contributed by atoms with E-state index in [9.17, 15) is 0 Å². The molecule has 26 valence electrons. The van der Waals surface area contributed by atoms with Gasteiger partial charge in [0.1, 0.15) is 0 Å². The summed E-state index contributed by atoms with van der Waals surface area (Å²) < 4.78 is 25.6. The predicted molar refractivity (Wildman–Crippen MR) is 6.44 cm³/mol. The normalized spacial score (nSPS) is 5.83. The van der Waals surface area contributed by atoms with E-state index in [0.29, 0.717) is 0 Å². The van der Waals surface area contributed by atoms with Gasteiger partial charge in [-0.2, -0.15) is 0 Å². The fraction of sp³-hybridized carbons (Fsp3) is 0. The summed E-state index contributed by atoms with van der Waals surface area (Å²) in [7, 11) is 0. The average Bonchev–Trinajstić information content (AvgIpc) is 0.811. The first-order valence-electron chi connectivity index (χ1n) is 0.500. The molecule has 0 aromatic heterocycles. The van der Waals surface area contributed by atoms with Crippen LogP contribution in [0.15, 0.2) is 0 Å². The summed E-state index contributed by atoms with van der Waals surface area (Å²) in [5.41, 5.74) is 0. The standard InChI is InChI=1S/2K.H2O3Se/c;;1-4(2)3/h;;(H2,1,2,3)/q2*+1;/p-2. The Morgan fingerprint density at radius 3 is 1.17 bits per heavy atom. The van der Waals surface area contributed by atoms with Gasteiger partial charge in [-0.3, -0.25) is 0 Å². The van der Waals surface area contributed by atoms with Crippen LogP contribution in [0.4, 0.5) is 0 Å². The van der Waals surface area contributed by atoms with Crippen LogP contribution in [0.1, 0.15) is 0 Å². The van der Waals surface area contributed by atoms with E-state index in [-0.39, 0.29) is 103 Å².